The standard InChI is InChI=1S/C12H15NO/c1-2-11(13-8-9-4-5-9)10-6-7-14-12(10)3-1/h1-3,9,13H,4-8H2. The van der Waals surface area contributed by atoms with Gasteiger partial charge in [0.15, 0.2) is 0 Å². The molecule has 0 radical (unpaired) electrons. The summed E-state index contributed by atoms with van der Waals surface area (Å²) in [5, 5.41) is 3.53. The van der Waals surface area contributed by atoms with Gasteiger partial charge in [0.1, 0.15) is 5.75 Å². The Bertz CT molecular complexity index is 344. The number of hydrogen-bond donors (Lipinski definition) is 1. The van der Waals surface area contributed by atoms with Crippen LogP contribution in [0.25, 0.3) is 0 Å². The molecule has 1 aromatic carbocycles. The van der Waals surface area contributed by atoms with Crippen LogP contribution in [0.5, 0.6) is 5.75 Å². The minimum absolute atomic E-state index is 0.845. The number of ether oxygens (including phenoxy) is 1. The summed E-state index contributed by atoms with van der Waals surface area (Å²) in [5.41, 5.74) is 2.65. The highest BCUT2D eigenvalue weighted by Crippen LogP contribution is 2.33. The van der Waals surface area contributed by atoms with Crippen LogP contribution in [0.4, 0.5) is 5.69 Å². The van der Waals surface area contributed by atoms with E-state index in [-0.39, 0.29) is 0 Å². The number of rotatable bonds is 3. The molecule has 2 aliphatic rings. The van der Waals surface area contributed by atoms with Gasteiger partial charge >= 0.3 is 0 Å². The van der Waals surface area contributed by atoms with E-state index >= 15 is 0 Å². The van der Waals surface area contributed by atoms with E-state index in [1.807, 2.05) is 0 Å². The van der Waals surface area contributed by atoms with Crippen molar-refractivity contribution in [3.63, 3.8) is 0 Å². The minimum atomic E-state index is 0.845. The molecule has 1 aliphatic heterocycles. The number of nitrogens with one attached hydrogen (secondary N) is 1. The van der Waals surface area contributed by atoms with Crippen molar-refractivity contribution in [3.8, 4) is 5.75 Å². The molecule has 3 rings (SSSR count). The molecular formula is C12H15NO. The van der Waals surface area contributed by atoms with Crippen LogP contribution in [0.1, 0.15) is 18.4 Å². The summed E-state index contributed by atoms with van der Waals surface area (Å²) in [7, 11) is 0. The molecule has 0 spiro atoms. The highest BCUT2D eigenvalue weighted by atomic mass is 16.5. The highest BCUT2D eigenvalue weighted by Gasteiger charge is 2.22. The zero-order valence-electron chi connectivity index (χ0n) is 8.25. The summed E-state index contributed by atoms with van der Waals surface area (Å²) in [5.74, 6) is 2.00. The molecule has 1 aromatic rings. The van der Waals surface area contributed by atoms with Crippen molar-refractivity contribution in [2.24, 2.45) is 5.92 Å². The van der Waals surface area contributed by atoms with Gasteiger partial charge < -0.3 is 10.1 Å². The van der Waals surface area contributed by atoms with Gasteiger partial charge in [0.2, 0.25) is 0 Å². The van der Waals surface area contributed by atoms with Crippen molar-refractivity contribution in [1.29, 1.82) is 0 Å². The van der Waals surface area contributed by atoms with Gasteiger partial charge in [-0.3, -0.25) is 0 Å². The minimum Gasteiger partial charge on any atom is -0.493 e. The molecule has 1 N–H and O–H groups in total. The maximum absolute atomic E-state index is 5.52. The van der Waals surface area contributed by atoms with Crippen molar-refractivity contribution < 1.29 is 4.74 Å². The van der Waals surface area contributed by atoms with Crippen LogP contribution in [-0.4, -0.2) is 13.2 Å². The molecule has 1 aliphatic carbocycles. The summed E-state index contributed by atoms with van der Waals surface area (Å²) in [4.78, 5) is 0. The molecule has 0 atom stereocenters. The number of benzene rings is 1. The van der Waals surface area contributed by atoms with Gasteiger partial charge in [0.05, 0.1) is 6.61 Å². The predicted molar refractivity (Wildman–Crippen MR) is 56.9 cm³/mol. The van der Waals surface area contributed by atoms with E-state index in [4.69, 9.17) is 4.74 Å². The van der Waals surface area contributed by atoms with Crippen molar-refractivity contribution in [1.82, 2.24) is 0 Å². The molecule has 14 heavy (non-hydrogen) atoms. The summed E-state index contributed by atoms with van der Waals surface area (Å²) in [6, 6.07) is 6.29. The smallest absolute Gasteiger partial charge is 0.124 e. The Labute approximate surface area is 84.3 Å². The molecule has 0 bridgehead atoms. The molecule has 1 fully saturated rings. The summed E-state index contributed by atoms with van der Waals surface area (Å²) < 4.78 is 5.52. The van der Waals surface area contributed by atoms with Crippen LogP contribution in [0.15, 0.2) is 18.2 Å². The summed E-state index contributed by atoms with van der Waals surface area (Å²) in [6.07, 6.45) is 3.86. The molecule has 2 nitrogen and oxygen atoms in total. The molecule has 0 amide bonds. The van der Waals surface area contributed by atoms with E-state index < -0.39 is 0 Å². The second kappa shape index (κ2) is 3.19. The van der Waals surface area contributed by atoms with Gasteiger partial charge in [-0.05, 0) is 30.9 Å². The zero-order chi connectivity index (χ0) is 9.38. The fourth-order valence-electron chi connectivity index (χ4n) is 1.96. The van der Waals surface area contributed by atoms with Crippen LogP contribution < -0.4 is 10.1 Å². The number of hydrogen-bond acceptors (Lipinski definition) is 2. The Kier molecular flexibility index (Phi) is 1.86. The van der Waals surface area contributed by atoms with Crippen molar-refractivity contribution >= 4 is 5.69 Å². The van der Waals surface area contributed by atoms with E-state index in [9.17, 15) is 0 Å². The van der Waals surface area contributed by atoms with E-state index in [2.05, 4.69) is 23.5 Å². The van der Waals surface area contributed by atoms with Crippen molar-refractivity contribution in [2.75, 3.05) is 18.5 Å². The predicted octanol–water partition coefficient (Wildman–Crippen LogP) is 2.44. The SMILES string of the molecule is c1cc(NCC2CC2)c2c(c1)OCC2. The van der Waals surface area contributed by atoms with Gasteiger partial charge in [-0.25, -0.2) is 0 Å². The Morgan fingerprint density at radius 2 is 2.29 bits per heavy atom. The summed E-state index contributed by atoms with van der Waals surface area (Å²) in [6.45, 7) is 1.98. The quantitative estimate of drug-likeness (QED) is 0.788. The second-order valence-electron chi connectivity index (χ2n) is 4.21. The maximum atomic E-state index is 5.52. The molecule has 1 heterocycles. The molecule has 1 saturated carbocycles. The fourth-order valence-corrected chi connectivity index (χ4v) is 1.96. The van der Waals surface area contributed by atoms with Gasteiger partial charge in [0.25, 0.3) is 0 Å². The zero-order valence-corrected chi connectivity index (χ0v) is 8.25. The molecule has 0 saturated heterocycles. The largest absolute Gasteiger partial charge is 0.493 e. The first-order valence-corrected chi connectivity index (χ1v) is 5.42. The molecule has 0 unspecified atom stereocenters. The van der Waals surface area contributed by atoms with E-state index in [0.29, 0.717) is 0 Å². The van der Waals surface area contributed by atoms with E-state index in [1.165, 1.54) is 24.1 Å². The third-order valence-electron chi connectivity index (χ3n) is 3.02. The van der Waals surface area contributed by atoms with Crippen LogP contribution in [0.2, 0.25) is 0 Å². The number of anilines is 1. The molecular weight excluding hydrogens is 174 g/mol. The second-order valence-corrected chi connectivity index (χ2v) is 4.21. The first-order valence-electron chi connectivity index (χ1n) is 5.42. The normalized spacial score (nSPS) is 18.9. The van der Waals surface area contributed by atoms with Crippen molar-refractivity contribution in [2.45, 2.75) is 19.3 Å². The van der Waals surface area contributed by atoms with Gasteiger partial charge in [-0.2, -0.15) is 0 Å². The average Bonchev–Trinajstić information content (AvgIpc) is 2.91. The van der Waals surface area contributed by atoms with Crippen LogP contribution in [0, 0.1) is 5.92 Å². The van der Waals surface area contributed by atoms with E-state index in [1.54, 1.807) is 0 Å². The van der Waals surface area contributed by atoms with Crippen LogP contribution >= 0.6 is 0 Å². The lowest BCUT2D eigenvalue weighted by atomic mass is 10.1. The lowest BCUT2D eigenvalue weighted by Gasteiger charge is -2.09. The van der Waals surface area contributed by atoms with E-state index in [0.717, 1.165) is 31.2 Å². The Hall–Kier alpha value is -1.18. The Morgan fingerprint density at radius 3 is 3.14 bits per heavy atom. The van der Waals surface area contributed by atoms with Crippen LogP contribution in [0.3, 0.4) is 0 Å². The van der Waals surface area contributed by atoms with Gasteiger partial charge in [-0.1, -0.05) is 6.07 Å². The van der Waals surface area contributed by atoms with Crippen molar-refractivity contribution in [3.05, 3.63) is 23.8 Å². The lowest BCUT2D eigenvalue weighted by Crippen LogP contribution is -2.04. The average molecular weight is 189 g/mol. The topological polar surface area (TPSA) is 21.3 Å². The fraction of sp³-hybridized carbons (Fsp3) is 0.500. The third kappa shape index (κ3) is 1.45. The molecule has 0 aromatic heterocycles. The maximum Gasteiger partial charge on any atom is 0.124 e. The van der Waals surface area contributed by atoms with Crippen LogP contribution in [-0.2, 0) is 6.42 Å². The van der Waals surface area contributed by atoms with Gasteiger partial charge in [-0.15, -0.1) is 0 Å². The lowest BCUT2D eigenvalue weighted by molar-refractivity contribution is 0.357. The highest BCUT2D eigenvalue weighted by molar-refractivity contribution is 5.59. The Balaban J connectivity index is 1.78. The number of fused-ring (bicyclic) bond motifs is 1. The monoisotopic (exact) mass is 189 g/mol. The third-order valence-corrected chi connectivity index (χ3v) is 3.02. The molecule has 2 heteroatoms. The first-order chi connectivity index (χ1) is 6.93. The molecule has 74 valence electrons. The summed E-state index contributed by atoms with van der Waals surface area (Å²) >= 11 is 0. The first kappa shape index (κ1) is 8.16. The van der Waals surface area contributed by atoms with Gasteiger partial charge in [0, 0.05) is 24.2 Å². The Morgan fingerprint density at radius 1 is 1.36 bits per heavy atom.